The quantitative estimate of drug-likeness (QED) is 0.584. The number of H-pyrrole nitrogens is 1. The van der Waals surface area contributed by atoms with Crippen LogP contribution in [0.15, 0.2) is 36.9 Å². The van der Waals surface area contributed by atoms with Crippen molar-refractivity contribution in [1.82, 2.24) is 25.6 Å². The van der Waals surface area contributed by atoms with Gasteiger partial charge in [-0.3, -0.25) is 5.10 Å². The van der Waals surface area contributed by atoms with Crippen molar-refractivity contribution in [3.05, 3.63) is 36.9 Å². The smallest absolute Gasteiger partial charge is 0.0529 e. The Bertz CT molecular complexity index is 197. The Morgan fingerprint density at radius 3 is 1.91 bits per heavy atom. The maximum absolute atomic E-state index is 3.60. The molecule has 2 aromatic rings. The first kappa shape index (κ1) is 7.33. The molecule has 2 aromatic heterocycles. The third-order valence-corrected chi connectivity index (χ3v) is 0.815. The summed E-state index contributed by atoms with van der Waals surface area (Å²) in [5.74, 6) is 0. The van der Waals surface area contributed by atoms with Crippen molar-refractivity contribution in [2.24, 2.45) is 0 Å². The van der Waals surface area contributed by atoms with Crippen molar-refractivity contribution in [3.63, 3.8) is 0 Å². The first-order valence-corrected chi connectivity index (χ1v) is 3.02. The van der Waals surface area contributed by atoms with Crippen molar-refractivity contribution in [3.8, 4) is 0 Å². The van der Waals surface area contributed by atoms with Crippen molar-refractivity contribution in [2.75, 3.05) is 0 Å². The van der Waals surface area contributed by atoms with Gasteiger partial charge in [0.2, 0.25) is 0 Å². The fourth-order valence-corrected chi connectivity index (χ4v) is 0.420. The highest BCUT2D eigenvalue weighted by atomic mass is 15.3. The van der Waals surface area contributed by atoms with Gasteiger partial charge in [-0.15, -0.1) is 10.2 Å². The minimum Gasteiger partial charge on any atom is -0.286 e. The van der Waals surface area contributed by atoms with Crippen LogP contribution in [-0.2, 0) is 0 Å². The Morgan fingerprint density at radius 1 is 0.909 bits per heavy atom. The van der Waals surface area contributed by atoms with Gasteiger partial charge in [0, 0.05) is 12.4 Å². The lowest BCUT2D eigenvalue weighted by Gasteiger charge is -1.68. The third kappa shape index (κ3) is 3.74. The van der Waals surface area contributed by atoms with Gasteiger partial charge in [-0.05, 0) is 17.3 Å². The Balaban J connectivity index is 0.000000112. The predicted molar refractivity (Wildman–Crippen MR) is 38.4 cm³/mol. The van der Waals surface area contributed by atoms with Gasteiger partial charge >= 0.3 is 0 Å². The fraction of sp³-hybridized carbons (Fsp3) is 0. The molecule has 0 spiro atoms. The van der Waals surface area contributed by atoms with Crippen LogP contribution < -0.4 is 0 Å². The number of hydrogen-bond donors (Lipinski definition) is 1. The molecule has 0 unspecified atom stereocenters. The zero-order valence-electron chi connectivity index (χ0n) is 5.75. The van der Waals surface area contributed by atoms with Crippen LogP contribution in [0.25, 0.3) is 0 Å². The van der Waals surface area contributed by atoms with E-state index < -0.39 is 0 Å². The molecule has 0 saturated carbocycles. The predicted octanol–water partition coefficient (Wildman–Crippen LogP) is 0.281. The number of aromatic amines is 1. The molecule has 0 bridgehead atoms. The zero-order valence-corrected chi connectivity index (χ0v) is 5.75. The van der Waals surface area contributed by atoms with Crippen LogP contribution in [0.4, 0.5) is 0 Å². The first-order valence-electron chi connectivity index (χ1n) is 3.02. The topological polar surface area (TPSA) is 67.3 Å². The molecule has 0 saturated heterocycles. The van der Waals surface area contributed by atoms with Gasteiger partial charge in [0.25, 0.3) is 0 Å². The second-order valence-corrected chi connectivity index (χ2v) is 1.58. The van der Waals surface area contributed by atoms with Gasteiger partial charge in [-0.25, -0.2) is 0 Å². The van der Waals surface area contributed by atoms with Crippen molar-refractivity contribution < 1.29 is 0 Å². The molecule has 5 heteroatoms. The van der Waals surface area contributed by atoms with Crippen LogP contribution in [0.2, 0.25) is 0 Å². The number of nitrogens with zero attached hydrogens (tertiary/aromatic N) is 4. The lowest BCUT2D eigenvalue weighted by Crippen LogP contribution is -1.78. The largest absolute Gasteiger partial charge is 0.286 e. The molecule has 5 nitrogen and oxygen atoms in total. The maximum Gasteiger partial charge on any atom is 0.0529 e. The number of rotatable bonds is 0. The molecule has 0 aliphatic carbocycles. The van der Waals surface area contributed by atoms with Crippen molar-refractivity contribution >= 4 is 0 Å². The molecular weight excluding hydrogens is 142 g/mol. The maximum atomic E-state index is 3.60. The molecule has 11 heavy (non-hydrogen) atoms. The van der Waals surface area contributed by atoms with E-state index in [1.165, 1.54) is 0 Å². The Morgan fingerprint density at radius 2 is 1.73 bits per heavy atom. The van der Waals surface area contributed by atoms with E-state index in [4.69, 9.17) is 0 Å². The summed E-state index contributed by atoms with van der Waals surface area (Å²) in [6.45, 7) is 0. The van der Waals surface area contributed by atoms with E-state index in [0.29, 0.717) is 0 Å². The van der Waals surface area contributed by atoms with E-state index in [1.807, 2.05) is 6.07 Å². The van der Waals surface area contributed by atoms with Crippen LogP contribution in [0, 0.1) is 0 Å². The Kier molecular flexibility index (Phi) is 3.36. The molecule has 0 aliphatic rings. The van der Waals surface area contributed by atoms with Crippen LogP contribution in [0.1, 0.15) is 0 Å². The number of aromatic nitrogens is 5. The molecule has 0 amide bonds. The molecule has 2 heterocycles. The molecular formula is C6H7N5. The fourth-order valence-electron chi connectivity index (χ4n) is 0.420. The third-order valence-electron chi connectivity index (χ3n) is 0.815. The summed E-state index contributed by atoms with van der Waals surface area (Å²) in [6, 6.07) is 3.55. The standard InChI is InChI=1S/C3H3N3.C3H4N2/c1-2-4-6-5-3-1;1-2-4-5-3-1/h1-3H;1-3H,(H,4,5). The number of nitrogens with one attached hydrogen (secondary N) is 1. The second-order valence-electron chi connectivity index (χ2n) is 1.58. The molecule has 0 atom stereocenters. The van der Waals surface area contributed by atoms with Gasteiger partial charge in [0.15, 0.2) is 0 Å². The average molecular weight is 149 g/mol. The Hall–Kier alpha value is -1.78. The van der Waals surface area contributed by atoms with Crippen LogP contribution in [0.5, 0.6) is 0 Å². The average Bonchev–Trinajstić information content (AvgIpc) is 2.64. The van der Waals surface area contributed by atoms with E-state index in [1.54, 1.807) is 30.9 Å². The van der Waals surface area contributed by atoms with Gasteiger partial charge < -0.3 is 0 Å². The monoisotopic (exact) mass is 149 g/mol. The van der Waals surface area contributed by atoms with Crippen LogP contribution in [-0.4, -0.2) is 25.6 Å². The summed E-state index contributed by atoms with van der Waals surface area (Å²) in [4.78, 5) is 0. The van der Waals surface area contributed by atoms with Crippen molar-refractivity contribution in [2.45, 2.75) is 0 Å². The number of hydrogen-bond acceptors (Lipinski definition) is 4. The summed E-state index contributed by atoms with van der Waals surface area (Å²) in [7, 11) is 0. The van der Waals surface area contributed by atoms with Crippen molar-refractivity contribution in [1.29, 1.82) is 0 Å². The van der Waals surface area contributed by atoms with E-state index in [9.17, 15) is 0 Å². The second kappa shape index (κ2) is 5.04. The SMILES string of the molecule is c1cn[nH]c1.c1cnnnc1. The molecule has 0 aromatic carbocycles. The highest BCUT2D eigenvalue weighted by molar-refractivity contribution is 4.72. The Labute approximate surface area is 63.5 Å². The van der Waals surface area contributed by atoms with E-state index in [-0.39, 0.29) is 0 Å². The van der Waals surface area contributed by atoms with Gasteiger partial charge in [0.1, 0.15) is 0 Å². The highest BCUT2D eigenvalue weighted by Gasteiger charge is 1.60. The van der Waals surface area contributed by atoms with Gasteiger partial charge in [-0.2, -0.15) is 5.10 Å². The zero-order chi connectivity index (χ0) is 7.78. The molecule has 0 aliphatic heterocycles. The first-order chi connectivity index (χ1) is 5.50. The van der Waals surface area contributed by atoms with Crippen LogP contribution >= 0.6 is 0 Å². The van der Waals surface area contributed by atoms with Gasteiger partial charge in [0.05, 0.1) is 12.4 Å². The highest BCUT2D eigenvalue weighted by Crippen LogP contribution is 1.64. The van der Waals surface area contributed by atoms with E-state index in [2.05, 4.69) is 25.6 Å². The lowest BCUT2D eigenvalue weighted by molar-refractivity contribution is 0.865. The summed E-state index contributed by atoms with van der Waals surface area (Å²) in [5, 5.41) is 16.3. The molecule has 1 N–H and O–H groups in total. The molecule has 2 rings (SSSR count). The molecule has 0 fully saturated rings. The summed E-state index contributed by atoms with van der Waals surface area (Å²) < 4.78 is 0. The molecule has 0 radical (unpaired) electrons. The summed E-state index contributed by atoms with van der Waals surface area (Å²) in [5.41, 5.74) is 0. The summed E-state index contributed by atoms with van der Waals surface area (Å²) in [6.07, 6.45) is 6.61. The minimum absolute atomic E-state index is 1.58. The van der Waals surface area contributed by atoms with Gasteiger partial charge in [-0.1, -0.05) is 0 Å². The minimum atomic E-state index is 1.58. The summed E-state index contributed by atoms with van der Waals surface area (Å²) >= 11 is 0. The lowest BCUT2D eigenvalue weighted by atomic mass is 10.7. The van der Waals surface area contributed by atoms with Crippen LogP contribution in [0.3, 0.4) is 0 Å². The normalized spacial score (nSPS) is 8.00. The van der Waals surface area contributed by atoms with E-state index in [0.717, 1.165) is 0 Å². The molecule has 56 valence electrons. The van der Waals surface area contributed by atoms with E-state index >= 15 is 0 Å².